The molecule has 0 saturated heterocycles. The second-order valence-electron chi connectivity index (χ2n) is 6.77. The molecule has 0 amide bonds. The molecular formula is C19H24ClN5O. The summed E-state index contributed by atoms with van der Waals surface area (Å²) in [5.41, 5.74) is 10.0. The Kier molecular flexibility index (Phi) is 5.05. The predicted molar refractivity (Wildman–Crippen MR) is 106 cm³/mol. The van der Waals surface area contributed by atoms with E-state index in [2.05, 4.69) is 15.3 Å². The van der Waals surface area contributed by atoms with Crippen molar-refractivity contribution in [3.63, 3.8) is 0 Å². The summed E-state index contributed by atoms with van der Waals surface area (Å²) >= 11 is 6.51. The van der Waals surface area contributed by atoms with E-state index in [-0.39, 0.29) is 11.9 Å². The minimum atomic E-state index is -0.132. The highest BCUT2D eigenvalue weighted by Crippen LogP contribution is 2.49. The smallest absolute Gasteiger partial charge is 0.141 e. The van der Waals surface area contributed by atoms with Gasteiger partial charge in [-0.1, -0.05) is 11.6 Å². The molecule has 1 aliphatic carbocycles. The van der Waals surface area contributed by atoms with Crippen LogP contribution in [0.25, 0.3) is 0 Å². The SMILES string of the molecule is COc1c(C(C)Nc2ncnc(N)c2C(C)=N)cc(Cl)c(C)c1C1CC1. The molecule has 1 heterocycles. The Labute approximate surface area is 158 Å². The number of benzene rings is 1. The molecule has 0 aliphatic heterocycles. The molecule has 0 spiro atoms. The number of rotatable bonds is 6. The normalized spacial score (nSPS) is 14.8. The maximum Gasteiger partial charge on any atom is 0.141 e. The fourth-order valence-corrected chi connectivity index (χ4v) is 3.56. The van der Waals surface area contributed by atoms with Crippen LogP contribution < -0.4 is 15.8 Å². The van der Waals surface area contributed by atoms with Gasteiger partial charge in [-0.2, -0.15) is 0 Å². The van der Waals surface area contributed by atoms with Crippen LogP contribution in [0, 0.1) is 12.3 Å². The Morgan fingerprint density at radius 2 is 2.12 bits per heavy atom. The molecule has 0 radical (unpaired) electrons. The lowest BCUT2D eigenvalue weighted by atomic mass is 9.95. The Balaban J connectivity index is 2.03. The van der Waals surface area contributed by atoms with Crippen molar-refractivity contribution in [2.75, 3.05) is 18.2 Å². The first-order chi connectivity index (χ1) is 12.3. The van der Waals surface area contributed by atoms with Gasteiger partial charge >= 0.3 is 0 Å². The van der Waals surface area contributed by atoms with Crippen LogP contribution in [0.5, 0.6) is 5.75 Å². The highest BCUT2D eigenvalue weighted by atomic mass is 35.5. The quantitative estimate of drug-likeness (QED) is 0.649. The minimum Gasteiger partial charge on any atom is -0.496 e. The van der Waals surface area contributed by atoms with E-state index in [9.17, 15) is 0 Å². The minimum absolute atomic E-state index is 0.132. The first-order valence-electron chi connectivity index (χ1n) is 8.64. The van der Waals surface area contributed by atoms with E-state index in [0.717, 1.165) is 21.9 Å². The number of anilines is 2. The summed E-state index contributed by atoms with van der Waals surface area (Å²) < 4.78 is 5.78. The molecule has 138 valence electrons. The van der Waals surface area contributed by atoms with Crippen molar-refractivity contribution in [1.82, 2.24) is 9.97 Å². The van der Waals surface area contributed by atoms with Gasteiger partial charge in [0.05, 0.1) is 18.7 Å². The summed E-state index contributed by atoms with van der Waals surface area (Å²) in [7, 11) is 1.70. The zero-order valence-corrected chi connectivity index (χ0v) is 16.2. The Bertz CT molecular complexity index is 863. The van der Waals surface area contributed by atoms with Crippen molar-refractivity contribution >= 4 is 28.9 Å². The molecule has 1 aliphatic rings. The third kappa shape index (κ3) is 3.33. The summed E-state index contributed by atoms with van der Waals surface area (Å²) in [6.45, 7) is 5.73. The molecule has 1 atom stereocenters. The summed E-state index contributed by atoms with van der Waals surface area (Å²) in [4.78, 5) is 8.26. The fraction of sp³-hybridized carbons (Fsp3) is 0.421. The van der Waals surface area contributed by atoms with Gasteiger partial charge in [0.1, 0.15) is 23.7 Å². The maximum absolute atomic E-state index is 7.96. The lowest BCUT2D eigenvalue weighted by molar-refractivity contribution is 0.402. The molecule has 1 unspecified atom stereocenters. The van der Waals surface area contributed by atoms with Gasteiger partial charge in [-0.15, -0.1) is 0 Å². The van der Waals surface area contributed by atoms with Gasteiger partial charge in [0.25, 0.3) is 0 Å². The molecule has 7 heteroatoms. The molecule has 1 fully saturated rings. The molecule has 1 saturated carbocycles. The van der Waals surface area contributed by atoms with Gasteiger partial charge in [-0.05, 0) is 51.2 Å². The van der Waals surface area contributed by atoms with Crippen LogP contribution in [0.4, 0.5) is 11.6 Å². The molecule has 4 N–H and O–H groups in total. The summed E-state index contributed by atoms with van der Waals surface area (Å²) in [6, 6.07) is 1.81. The molecule has 26 heavy (non-hydrogen) atoms. The predicted octanol–water partition coefficient (Wildman–Crippen LogP) is 4.47. The van der Waals surface area contributed by atoms with E-state index in [1.54, 1.807) is 14.0 Å². The number of nitrogen functional groups attached to an aromatic ring is 1. The second-order valence-corrected chi connectivity index (χ2v) is 7.17. The number of hydrogen-bond donors (Lipinski definition) is 3. The number of nitrogens with one attached hydrogen (secondary N) is 2. The molecule has 3 rings (SSSR count). The van der Waals surface area contributed by atoms with Gasteiger partial charge in [-0.25, -0.2) is 9.97 Å². The number of halogens is 1. The Hall–Kier alpha value is -2.34. The summed E-state index contributed by atoms with van der Waals surface area (Å²) in [6.07, 6.45) is 3.72. The van der Waals surface area contributed by atoms with Gasteiger partial charge in [0, 0.05) is 21.9 Å². The van der Waals surface area contributed by atoms with Crippen LogP contribution in [0.1, 0.15) is 60.9 Å². The lowest BCUT2D eigenvalue weighted by Gasteiger charge is -2.23. The van der Waals surface area contributed by atoms with Crippen molar-refractivity contribution in [2.45, 2.75) is 45.6 Å². The highest BCUT2D eigenvalue weighted by Gasteiger charge is 2.32. The average molecular weight is 374 g/mol. The van der Waals surface area contributed by atoms with Crippen molar-refractivity contribution in [2.24, 2.45) is 0 Å². The third-order valence-electron chi connectivity index (χ3n) is 4.81. The number of nitrogens with two attached hydrogens (primary N) is 1. The first-order valence-corrected chi connectivity index (χ1v) is 9.02. The zero-order chi connectivity index (χ0) is 19.0. The van der Waals surface area contributed by atoms with Crippen LogP contribution in [-0.2, 0) is 0 Å². The number of nitrogens with zero attached hydrogens (tertiary/aromatic N) is 2. The van der Waals surface area contributed by atoms with Crippen molar-refractivity contribution in [1.29, 1.82) is 5.41 Å². The maximum atomic E-state index is 7.96. The van der Waals surface area contributed by atoms with Crippen molar-refractivity contribution in [3.8, 4) is 5.75 Å². The van der Waals surface area contributed by atoms with Crippen LogP contribution >= 0.6 is 11.6 Å². The van der Waals surface area contributed by atoms with E-state index < -0.39 is 0 Å². The van der Waals surface area contributed by atoms with Gasteiger partial charge in [-0.3, -0.25) is 0 Å². The third-order valence-corrected chi connectivity index (χ3v) is 5.20. The number of hydrogen-bond acceptors (Lipinski definition) is 6. The number of ether oxygens (including phenoxy) is 1. The highest BCUT2D eigenvalue weighted by molar-refractivity contribution is 6.31. The summed E-state index contributed by atoms with van der Waals surface area (Å²) in [5, 5.41) is 12.0. The molecule has 6 nitrogen and oxygen atoms in total. The van der Waals surface area contributed by atoms with Gasteiger partial charge in [0.15, 0.2) is 0 Å². The van der Waals surface area contributed by atoms with E-state index in [1.165, 1.54) is 24.7 Å². The van der Waals surface area contributed by atoms with Crippen LogP contribution in [0.3, 0.4) is 0 Å². The number of aromatic nitrogens is 2. The van der Waals surface area contributed by atoms with E-state index in [1.807, 2.05) is 19.9 Å². The summed E-state index contributed by atoms with van der Waals surface area (Å²) in [5.74, 6) is 2.22. The second kappa shape index (κ2) is 7.11. The number of methoxy groups -OCH3 is 1. The first kappa shape index (κ1) is 18.5. The topological polar surface area (TPSA) is 96.9 Å². The van der Waals surface area contributed by atoms with Crippen molar-refractivity contribution < 1.29 is 4.74 Å². The molecular weight excluding hydrogens is 350 g/mol. The Morgan fingerprint density at radius 1 is 1.42 bits per heavy atom. The van der Waals surface area contributed by atoms with Crippen molar-refractivity contribution in [3.05, 3.63) is 39.7 Å². The van der Waals surface area contributed by atoms with E-state index in [0.29, 0.717) is 23.0 Å². The standard InChI is InChI=1S/C19H24ClN5O/c1-9-14(20)7-13(17(26-4)15(9)12-5-6-12)11(3)25-19-16(10(2)21)18(22)23-8-24-19/h7-8,11-12,21H,5-6H2,1-4H3,(H3,22,23,24,25). The van der Waals surface area contributed by atoms with Crippen LogP contribution in [0.2, 0.25) is 5.02 Å². The van der Waals surface area contributed by atoms with Gasteiger partial charge < -0.3 is 21.2 Å². The molecule has 1 aromatic heterocycles. The molecule has 2 aromatic rings. The van der Waals surface area contributed by atoms with E-state index in [4.69, 9.17) is 27.5 Å². The molecule has 0 bridgehead atoms. The zero-order valence-electron chi connectivity index (χ0n) is 15.5. The lowest BCUT2D eigenvalue weighted by Crippen LogP contribution is -2.15. The van der Waals surface area contributed by atoms with Gasteiger partial charge in [0.2, 0.25) is 0 Å². The average Bonchev–Trinajstić information content (AvgIpc) is 3.41. The van der Waals surface area contributed by atoms with E-state index >= 15 is 0 Å². The van der Waals surface area contributed by atoms with Crippen LogP contribution in [0.15, 0.2) is 12.4 Å². The monoisotopic (exact) mass is 373 g/mol. The van der Waals surface area contributed by atoms with Crippen LogP contribution in [-0.4, -0.2) is 22.8 Å². The molecule has 1 aromatic carbocycles. The largest absolute Gasteiger partial charge is 0.496 e. The fourth-order valence-electron chi connectivity index (χ4n) is 3.34. The Morgan fingerprint density at radius 3 is 2.69 bits per heavy atom.